The van der Waals surface area contributed by atoms with Gasteiger partial charge in [0, 0.05) is 11.5 Å². The molecule has 3 nitrogen and oxygen atoms in total. The van der Waals surface area contributed by atoms with E-state index in [0.29, 0.717) is 0 Å². The summed E-state index contributed by atoms with van der Waals surface area (Å²) < 4.78 is 4.17. The summed E-state index contributed by atoms with van der Waals surface area (Å²) in [6, 6.07) is 6.09. The maximum atomic E-state index is 4.03. The highest BCUT2D eigenvalue weighted by Crippen LogP contribution is 2.31. The van der Waals surface area contributed by atoms with Gasteiger partial charge in [-0.3, -0.25) is 9.71 Å². The van der Waals surface area contributed by atoms with Crippen molar-refractivity contribution in [2.75, 3.05) is 12.4 Å². The molecule has 0 atom stereocenters. The van der Waals surface area contributed by atoms with Crippen LogP contribution in [0.5, 0.6) is 0 Å². The topological polar surface area (TPSA) is 36.4 Å². The fraction of sp³-hybridized carbons (Fsp3) is 0.125. The van der Waals surface area contributed by atoms with Gasteiger partial charge in [0.2, 0.25) is 5.96 Å². The van der Waals surface area contributed by atoms with Crippen molar-refractivity contribution in [2.24, 2.45) is 4.99 Å². The number of rotatable bonds is 0. The number of nitrogens with one attached hydrogen (secondary N) is 2. The van der Waals surface area contributed by atoms with Crippen LogP contribution in [0, 0.1) is 0 Å². The summed E-state index contributed by atoms with van der Waals surface area (Å²) >= 11 is 4.99. The summed E-state index contributed by atoms with van der Waals surface area (Å²) in [6.45, 7) is 0. The Morgan fingerprint density at radius 2 is 2.31 bits per heavy atom. The van der Waals surface area contributed by atoms with E-state index in [4.69, 9.17) is 0 Å². The molecule has 0 aliphatic carbocycles. The number of benzene rings is 1. The lowest BCUT2D eigenvalue weighted by molar-refractivity contribution is 1.27. The average Bonchev–Trinajstić information content (AvgIpc) is 2.17. The van der Waals surface area contributed by atoms with Crippen molar-refractivity contribution in [1.82, 2.24) is 4.72 Å². The molecule has 0 saturated carbocycles. The second kappa shape index (κ2) is 3.59. The van der Waals surface area contributed by atoms with Gasteiger partial charge < -0.3 is 5.32 Å². The number of hydrogen-bond acceptors (Lipinski definition) is 2. The van der Waals surface area contributed by atoms with Crippen molar-refractivity contribution >= 4 is 39.5 Å². The molecule has 1 aliphatic heterocycles. The van der Waals surface area contributed by atoms with Crippen molar-refractivity contribution in [1.29, 1.82) is 0 Å². The Morgan fingerprint density at radius 3 is 3.08 bits per heavy atom. The second-order valence-corrected chi connectivity index (χ2v) is 4.31. The van der Waals surface area contributed by atoms with E-state index in [9.17, 15) is 0 Å². The van der Waals surface area contributed by atoms with E-state index < -0.39 is 0 Å². The molecule has 5 heteroatoms. The van der Waals surface area contributed by atoms with Crippen LogP contribution in [0.15, 0.2) is 32.6 Å². The van der Waals surface area contributed by atoms with E-state index in [2.05, 4.69) is 37.0 Å². The maximum absolute atomic E-state index is 4.03. The highest BCUT2D eigenvalue weighted by Gasteiger charge is 2.12. The third-order valence-corrected chi connectivity index (χ3v) is 3.02. The number of nitrogens with zero attached hydrogens (tertiary/aromatic N) is 1. The highest BCUT2D eigenvalue weighted by molar-refractivity contribution is 9.10. The molecule has 0 aromatic heterocycles. The minimum Gasteiger partial charge on any atom is -0.325 e. The molecule has 0 radical (unpaired) electrons. The first-order valence-electron chi connectivity index (χ1n) is 3.76. The largest absolute Gasteiger partial charge is 0.325 e. The number of anilines is 1. The molecule has 13 heavy (non-hydrogen) atoms. The summed E-state index contributed by atoms with van der Waals surface area (Å²) in [5, 5.41) is 3.17. The first-order chi connectivity index (χ1) is 6.29. The molecular formula is C8H8BrN3S. The van der Waals surface area contributed by atoms with Gasteiger partial charge in [0.25, 0.3) is 0 Å². The monoisotopic (exact) mass is 257 g/mol. The predicted octanol–water partition coefficient (Wildman–Crippen LogP) is 2.46. The lowest BCUT2D eigenvalue weighted by atomic mass is 10.3. The molecule has 0 fully saturated rings. The van der Waals surface area contributed by atoms with Crippen LogP contribution in [0.4, 0.5) is 5.69 Å². The van der Waals surface area contributed by atoms with Gasteiger partial charge in [0.1, 0.15) is 0 Å². The Morgan fingerprint density at radius 1 is 1.46 bits per heavy atom. The van der Waals surface area contributed by atoms with Crippen LogP contribution in [0.25, 0.3) is 0 Å². The van der Waals surface area contributed by atoms with Gasteiger partial charge in [-0.1, -0.05) is 15.9 Å². The standard InChI is InChI=1S/C8H8BrN3S/c1-10-8-11-6-3-2-5(9)4-7(6)13-12-8/h2-4H,1H3,(H2,10,11,12). The van der Waals surface area contributed by atoms with E-state index in [-0.39, 0.29) is 0 Å². The minimum absolute atomic E-state index is 0.792. The molecule has 68 valence electrons. The van der Waals surface area contributed by atoms with Gasteiger partial charge in [-0.2, -0.15) is 0 Å². The number of halogens is 1. The maximum Gasteiger partial charge on any atom is 0.206 e. The zero-order valence-electron chi connectivity index (χ0n) is 6.97. The third kappa shape index (κ3) is 1.81. The Kier molecular flexibility index (Phi) is 2.46. The lowest BCUT2D eigenvalue weighted by Gasteiger charge is -2.19. The second-order valence-electron chi connectivity index (χ2n) is 2.54. The molecule has 1 aliphatic rings. The Balaban J connectivity index is 2.37. The van der Waals surface area contributed by atoms with Crippen LogP contribution in [0.3, 0.4) is 0 Å². The summed E-state index contributed by atoms with van der Waals surface area (Å²) in [6.07, 6.45) is 0. The van der Waals surface area contributed by atoms with E-state index in [1.165, 1.54) is 4.90 Å². The van der Waals surface area contributed by atoms with E-state index in [0.717, 1.165) is 16.1 Å². The summed E-state index contributed by atoms with van der Waals surface area (Å²) in [7, 11) is 1.75. The van der Waals surface area contributed by atoms with Crippen LogP contribution < -0.4 is 10.0 Å². The van der Waals surface area contributed by atoms with Crippen LogP contribution in [0.2, 0.25) is 0 Å². The highest BCUT2D eigenvalue weighted by atomic mass is 79.9. The Labute approximate surface area is 89.3 Å². The molecule has 1 aromatic rings. The predicted molar refractivity (Wildman–Crippen MR) is 60.1 cm³/mol. The van der Waals surface area contributed by atoms with Crippen molar-refractivity contribution in [3.05, 3.63) is 22.7 Å². The number of hydrogen-bond donors (Lipinski definition) is 2. The molecule has 0 amide bonds. The quantitative estimate of drug-likeness (QED) is 0.702. The summed E-state index contributed by atoms with van der Waals surface area (Å²) in [5.41, 5.74) is 1.09. The molecule has 2 N–H and O–H groups in total. The van der Waals surface area contributed by atoms with Gasteiger partial charge in [-0.25, -0.2) is 0 Å². The summed E-state index contributed by atoms with van der Waals surface area (Å²) in [5.74, 6) is 0.792. The number of guanidine groups is 1. The van der Waals surface area contributed by atoms with E-state index in [1.807, 2.05) is 12.1 Å². The van der Waals surface area contributed by atoms with Crippen molar-refractivity contribution in [2.45, 2.75) is 4.90 Å². The fourth-order valence-electron chi connectivity index (χ4n) is 1.04. The average molecular weight is 258 g/mol. The first-order valence-corrected chi connectivity index (χ1v) is 5.37. The summed E-state index contributed by atoms with van der Waals surface area (Å²) in [4.78, 5) is 5.20. The van der Waals surface area contributed by atoms with Crippen LogP contribution in [0.1, 0.15) is 0 Å². The normalized spacial score (nSPS) is 17.5. The zero-order valence-corrected chi connectivity index (χ0v) is 9.37. The molecule has 1 heterocycles. The lowest BCUT2D eigenvalue weighted by Crippen LogP contribution is -2.28. The first kappa shape index (κ1) is 8.90. The van der Waals surface area contributed by atoms with Crippen molar-refractivity contribution in [3.8, 4) is 0 Å². The van der Waals surface area contributed by atoms with E-state index >= 15 is 0 Å². The van der Waals surface area contributed by atoms with Gasteiger partial charge in [0.05, 0.1) is 10.6 Å². The van der Waals surface area contributed by atoms with Gasteiger partial charge >= 0.3 is 0 Å². The fourth-order valence-corrected chi connectivity index (χ4v) is 2.32. The number of aliphatic imine (C=N–C) groups is 1. The van der Waals surface area contributed by atoms with Gasteiger partial charge in [0.15, 0.2) is 0 Å². The SMILES string of the molecule is CN=C1NSc2cc(Br)ccc2N1. The molecule has 0 bridgehead atoms. The molecule has 2 rings (SSSR count). The smallest absolute Gasteiger partial charge is 0.206 e. The zero-order chi connectivity index (χ0) is 9.26. The molecular weight excluding hydrogens is 250 g/mol. The molecule has 0 unspecified atom stereocenters. The van der Waals surface area contributed by atoms with Crippen LogP contribution in [-0.2, 0) is 0 Å². The van der Waals surface area contributed by atoms with Gasteiger partial charge in [-0.05, 0) is 30.1 Å². The molecule has 1 aromatic carbocycles. The van der Waals surface area contributed by atoms with Gasteiger partial charge in [-0.15, -0.1) is 0 Å². The minimum atomic E-state index is 0.792. The van der Waals surface area contributed by atoms with Crippen molar-refractivity contribution in [3.63, 3.8) is 0 Å². The van der Waals surface area contributed by atoms with E-state index in [1.54, 1.807) is 19.0 Å². The molecule has 0 saturated heterocycles. The molecule has 0 spiro atoms. The number of fused-ring (bicyclic) bond motifs is 1. The third-order valence-electron chi connectivity index (χ3n) is 1.68. The van der Waals surface area contributed by atoms with Crippen molar-refractivity contribution < 1.29 is 0 Å². The van der Waals surface area contributed by atoms with Crippen LogP contribution in [-0.4, -0.2) is 13.0 Å². The Hall–Kier alpha value is -0.680. The Bertz CT molecular complexity index is 364. The van der Waals surface area contributed by atoms with Crippen LogP contribution >= 0.6 is 27.9 Å².